The van der Waals surface area contributed by atoms with Crippen LogP contribution in [0.25, 0.3) is 0 Å². The smallest absolute Gasteiger partial charge is 0.308 e. The van der Waals surface area contributed by atoms with Crippen LogP contribution in [0, 0.1) is 17.8 Å². The topological polar surface area (TPSA) is 61.4 Å². The Morgan fingerprint density at radius 1 is 1.13 bits per heavy atom. The molecule has 2 fully saturated rings. The average Bonchev–Trinajstić information content (AvgIpc) is 2.30. The number of hydrogen-bond acceptors (Lipinski definition) is 3. The predicted molar refractivity (Wildman–Crippen MR) is 57.7 cm³/mol. The molecule has 2 aliphatic rings. The highest BCUT2D eigenvalue weighted by molar-refractivity contribution is 5.70. The molecule has 4 nitrogen and oxygen atoms in total. The Balaban J connectivity index is 1.99. The zero-order valence-corrected chi connectivity index (χ0v) is 9.04. The van der Waals surface area contributed by atoms with E-state index in [1.165, 1.54) is 12.8 Å². The molecule has 86 valence electrons. The molecule has 3 N–H and O–H groups in total. The minimum Gasteiger partial charge on any atom is -0.481 e. The Bertz CT molecular complexity index is 227. The van der Waals surface area contributed by atoms with Gasteiger partial charge in [0, 0.05) is 6.54 Å². The van der Waals surface area contributed by atoms with Crippen LogP contribution in [0.3, 0.4) is 0 Å². The highest BCUT2D eigenvalue weighted by atomic mass is 16.4. The van der Waals surface area contributed by atoms with Crippen LogP contribution in [0.5, 0.6) is 0 Å². The Hall–Kier alpha value is -0.610. The van der Waals surface area contributed by atoms with Crippen LogP contribution in [0.2, 0.25) is 0 Å². The molecule has 0 radical (unpaired) electrons. The van der Waals surface area contributed by atoms with E-state index in [1.807, 2.05) is 0 Å². The highest BCUT2D eigenvalue weighted by Crippen LogP contribution is 2.31. The molecule has 0 aromatic heterocycles. The lowest BCUT2D eigenvalue weighted by Crippen LogP contribution is -2.47. The third kappa shape index (κ3) is 2.49. The molecular formula is C11H20N2O2. The maximum absolute atomic E-state index is 11.1. The minimum absolute atomic E-state index is 0.177. The number of carbonyl (C=O) groups is 1. The summed E-state index contributed by atoms with van der Waals surface area (Å²) in [6.45, 7) is 3.73. The van der Waals surface area contributed by atoms with Gasteiger partial charge in [0.25, 0.3) is 0 Å². The van der Waals surface area contributed by atoms with Gasteiger partial charge in [-0.3, -0.25) is 4.79 Å². The van der Waals surface area contributed by atoms with Crippen molar-refractivity contribution in [2.75, 3.05) is 26.2 Å². The minimum atomic E-state index is -0.627. The van der Waals surface area contributed by atoms with Gasteiger partial charge < -0.3 is 15.7 Å². The lowest BCUT2D eigenvalue weighted by atomic mass is 9.74. The van der Waals surface area contributed by atoms with Crippen LogP contribution in [0.4, 0.5) is 0 Å². The van der Waals surface area contributed by atoms with Gasteiger partial charge in [-0.25, -0.2) is 0 Å². The molecule has 0 aliphatic carbocycles. The van der Waals surface area contributed by atoms with E-state index in [0.29, 0.717) is 18.4 Å². The van der Waals surface area contributed by atoms with Crippen molar-refractivity contribution in [1.82, 2.24) is 10.6 Å². The van der Waals surface area contributed by atoms with E-state index in [1.54, 1.807) is 0 Å². The molecule has 0 spiro atoms. The van der Waals surface area contributed by atoms with Crippen molar-refractivity contribution in [3.05, 3.63) is 0 Å². The fourth-order valence-corrected chi connectivity index (χ4v) is 2.96. The maximum atomic E-state index is 11.1. The number of carboxylic acid groups (broad SMARTS) is 1. The Labute approximate surface area is 90.4 Å². The second kappa shape index (κ2) is 4.94. The summed E-state index contributed by atoms with van der Waals surface area (Å²) in [7, 11) is 0. The lowest BCUT2D eigenvalue weighted by molar-refractivity contribution is -0.145. The van der Waals surface area contributed by atoms with Gasteiger partial charge in [0.1, 0.15) is 0 Å². The normalized spacial score (nSPS) is 37.5. The second-order valence-electron chi connectivity index (χ2n) is 4.71. The summed E-state index contributed by atoms with van der Waals surface area (Å²) >= 11 is 0. The molecule has 2 heterocycles. The maximum Gasteiger partial charge on any atom is 0.308 e. The molecule has 2 saturated heterocycles. The first-order valence-electron chi connectivity index (χ1n) is 5.93. The summed E-state index contributed by atoms with van der Waals surface area (Å²) in [6.07, 6.45) is 3.41. The van der Waals surface area contributed by atoms with Gasteiger partial charge in [-0.15, -0.1) is 0 Å². The Morgan fingerprint density at radius 3 is 2.60 bits per heavy atom. The average molecular weight is 212 g/mol. The van der Waals surface area contributed by atoms with Gasteiger partial charge >= 0.3 is 5.97 Å². The molecule has 0 saturated carbocycles. The number of hydrogen-bond donors (Lipinski definition) is 3. The molecule has 2 aliphatic heterocycles. The van der Waals surface area contributed by atoms with E-state index >= 15 is 0 Å². The van der Waals surface area contributed by atoms with Gasteiger partial charge in [-0.2, -0.15) is 0 Å². The zero-order valence-electron chi connectivity index (χ0n) is 9.04. The summed E-state index contributed by atoms with van der Waals surface area (Å²) in [4.78, 5) is 11.1. The standard InChI is InChI=1S/C11H20N2O2/c14-11(15)10-7-13-5-3-9(10)8-2-1-4-12-6-8/h8-10,12-13H,1-7H2,(H,14,15). The quantitative estimate of drug-likeness (QED) is 0.616. The molecule has 4 heteroatoms. The number of piperidine rings is 2. The largest absolute Gasteiger partial charge is 0.481 e. The number of carboxylic acids is 1. The van der Waals surface area contributed by atoms with E-state index in [0.717, 1.165) is 26.1 Å². The fraction of sp³-hybridized carbons (Fsp3) is 0.909. The first-order valence-corrected chi connectivity index (χ1v) is 5.93. The van der Waals surface area contributed by atoms with Crippen molar-refractivity contribution in [2.45, 2.75) is 19.3 Å². The number of rotatable bonds is 2. The summed E-state index contributed by atoms with van der Waals surface area (Å²) < 4.78 is 0. The van der Waals surface area contributed by atoms with Crippen LogP contribution in [0.1, 0.15) is 19.3 Å². The van der Waals surface area contributed by atoms with Crippen LogP contribution >= 0.6 is 0 Å². The van der Waals surface area contributed by atoms with E-state index in [9.17, 15) is 9.90 Å². The van der Waals surface area contributed by atoms with Crippen molar-refractivity contribution in [1.29, 1.82) is 0 Å². The monoisotopic (exact) mass is 212 g/mol. The van der Waals surface area contributed by atoms with Crippen LogP contribution < -0.4 is 10.6 Å². The Kier molecular flexibility index (Phi) is 3.59. The highest BCUT2D eigenvalue weighted by Gasteiger charge is 2.36. The van der Waals surface area contributed by atoms with E-state index in [4.69, 9.17) is 0 Å². The first-order chi connectivity index (χ1) is 7.29. The van der Waals surface area contributed by atoms with Crippen LogP contribution in [-0.4, -0.2) is 37.3 Å². The molecule has 2 rings (SSSR count). The zero-order chi connectivity index (χ0) is 10.7. The molecule has 0 aromatic carbocycles. The SMILES string of the molecule is O=C(O)C1CNCCC1C1CCCNC1. The third-order valence-electron chi connectivity index (χ3n) is 3.79. The molecular weight excluding hydrogens is 192 g/mol. The summed E-state index contributed by atoms with van der Waals surface area (Å²) in [5.41, 5.74) is 0. The van der Waals surface area contributed by atoms with Crippen molar-refractivity contribution in [3.8, 4) is 0 Å². The van der Waals surface area contributed by atoms with E-state index < -0.39 is 5.97 Å². The predicted octanol–water partition coefficient (Wildman–Crippen LogP) is 0.296. The van der Waals surface area contributed by atoms with Crippen molar-refractivity contribution < 1.29 is 9.90 Å². The fourth-order valence-electron chi connectivity index (χ4n) is 2.96. The van der Waals surface area contributed by atoms with Gasteiger partial charge in [-0.1, -0.05) is 0 Å². The first kappa shape index (κ1) is 10.9. The third-order valence-corrected chi connectivity index (χ3v) is 3.79. The molecule has 3 unspecified atom stereocenters. The van der Waals surface area contributed by atoms with Crippen LogP contribution in [-0.2, 0) is 4.79 Å². The van der Waals surface area contributed by atoms with E-state index in [2.05, 4.69) is 10.6 Å². The molecule has 3 atom stereocenters. The summed E-state index contributed by atoms with van der Waals surface area (Å²) in [5, 5.41) is 15.7. The van der Waals surface area contributed by atoms with Crippen molar-refractivity contribution >= 4 is 5.97 Å². The molecule has 15 heavy (non-hydrogen) atoms. The van der Waals surface area contributed by atoms with Crippen LogP contribution in [0.15, 0.2) is 0 Å². The summed E-state index contributed by atoms with van der Waals surface area (Å²) in [6, 6.07) is 0. The van der Waals surface area contributed by atoms with Gasteiger partial charge in [0.05, 0.1) is 5.92 Å². The number of aliphatic carboxylic acids is 1. The van der Waals surface area contributed by atoms with Crippen molar-refractivity contribution in [3.63, 3.8) is 0 Å². The van der Waals surface area contributed by atoms with Crippen molar-refractivity contribution in [2.24, 2.45) is 17.8 Å². The molecule has 0 bridgehead atoms. The lowest BCUT2D eigenvalue weighted by Gasteiger charge is -2.37. The number of nitrogens with one attached hydrogen (secondary N) is 2. The van der Waals surface area contributed by atoms with Gasteiger partial charge in [0.2, 0.25) is 0 Å². The molecule has 0 amide bonds. The Morgan fingerprint density at radius 2 is 1.93 bits per heavy atom. The van der Waals surface area contributed by atoms with Gasteiger partial charge in [-0.05, 0) is 50.7 Å². The molecule has 0 aromatic rings. The van der Waals surface area contributed by atoms with Gasteiger partial charge in [0.15, 0.2) is 0 Å². The van der Waals surface area contributed by atoms with E-state index in [-0.39, 0.29) is 5.92 Å². The summed E-state index contributed by atoms with van der Waals surface area (Å²) in [5.74, 6) is 0.139. The second-order valence-corrected chi connectivity index (χ2v) is 4.71.